The van der Waals surface area contributed by atoms with Gasteiger partial charge in [-0.1, -0.05) is 6.07 Å². The van der Waals surface area contributed by atoms with Crippen LogP contribution in [0.15, 0.2) is 34.2 Å². The standard InChI is InChI=1S/C14H20N4O3S.ClH/c1-14(2,15)13(19)17-10-5-3-6-11(9-10)22(20,21)18-12-7-4-8-16-12;/h3,5-6,9H,4,7-8,15H2,1-2H3,(H,16,18)(H,17,19);1H. The van der Waals surface area contributed by atoms with Crippen LogP contribution in [0.3, 0.4) is 0 Å². The van der Waals surface area contributed by atoms with Crippen LogP contribution < -0.4 is 15.8 Å². The van der Waals surface area contributed by atoms with Gasteiger partial charge in [0.05, 0.1) is 10.4 Å². The molecule has 9 heteroatoms. The molecule has 1 aliphatic heterocycles. The molecule has 1 aromatic carbocycles. The number of hydrogen-bond donors (Lipinski definition) is 3. The number of amides is 1. The lowest BCUT2D eigenvalue weighted by atomic mass is 10.1. The van der Waals surface area contributed by atoms with Crippen molar-refractivity contribution in [1.29, 1.82) is 0 Å². The maximum Gasteiger partial charge on any atom is 0.262 e. The van der Waals surface area contributed by atoms with Gasteiger partial charge in [-0.25, -0.2) is 8.42 Å². The molecule has 0 aromatic heterocycles. The summed E-state index contributed by atoms with van der Waals surface area (Å²) in [4.78, 5) is 16.0. The van der Waals surface area contributed by atoms with Crippen molar-refractivity contribution in [2.24, 2.45) is 10.7 Å². The monoisotopic (exact) mass is 360 g/mol. The summed E-state index contributed by atoms with van der Waals surface area (Å²) in [5.74, 6) is 0.0766. The Bertz CT molecular complexity index is 711. The predicted octanol–water partition coefficient (Wildman–Crippen LogP) is 1.25. The summed E-state index contributed by atoms with van der Waals surface area (Å²) in [6.45, 7) is 3.78. The first-order valence-electron chi connectivity index (χ1n) is 6.95. The third-order valence-electron chi connectivity index (χ3n) is 3.11. The van der Waals surface area contributed by atoms with Gasteiger partial charge in [0.2, 0.25) is 5.91 Å². The highest BCUT2D eigenvalue weighted by atomic mass is 35.5. The van der Waals surface area contributed by atoms with E-state index in [2.05, 4.69) is 15.0 Å². The van der Waals surface area contributed by atoms with E-state index in [1.807, 2.05) is 0 Å². The highest BCUT2D eigenvalue weighted by Gasteiger charge is 2.23. The molecular formula is C14H21ClN4O3S. The lowest BCUT2D eigenvalue weighted by Crippen LogP contribution is -2.45. The van der Waals surface area contributed by atoms with E-state index < -0.39 is 21.5 Å². The van der Waals surface area contributed by atoms with Gasteiger partial charge >= 0.3 is 0 Å². The van der Waals surface area contributed by atoms with Gasteiger partial charge in [0.1, 0.15) is 5.84 Å². The van der Waals surface area contributed by atoms with Crippen LogP contribution in [-0.2, 0) is 14.8 Å². The molecule has 128 valence electrons. The number of aliphatic imine (C=N–C) groups is 1. The highest BCUT2D eigenvalue weighted by Crippen LogP contribution is 2.17. The lowest BCUT2D eigenvalue weighted by molar-refractivity contribution is -0.120. The fraction of sp³-hybridized carbons (Fsp3) is 0.429. The van der Waals surface area contributed by atoms with Gasteiger partial charge in [0, 0.05) is 18.7 Å². The topological polar surface area (TPSA) is 114 Å². The second-order valence-electron chi connectivity index (χ2n) is 5.74. The Kier molecular flexibility index (Phi) is 6.15. The average Bonchev–Trinajstić information content (AvgIpc) is 2.90. The number of carbonyl (C=O) groups excluding carboxylic acids is 1. The van der Waals surface area contributed by atoms with Gasteiger partial charge in [0.25, 0.3) is 10.0 Å². The van der Waals surface area contributed by atoms with Crippen LogP contribution in [0.1, 0.15) is 26.7 Å². The molecule has 1 heterocycles. The zero-order chi connectivity index (χ0) is 16.4. The molecule has 7 nitrogen and oxygen atoms in total. The van der Waals surface area contributed by atoms with Gasteiger partial charge in [-0.2, -0.15) is 0 Å². The fourth-order valence-corrected chi connectivity index (χ4v) is 3.00. The summed E-state index contributed by atoms with van der Waals surface area (Å²) in [5.41, 5.74) is 5.03. The Labute approximate surface area is 142 Å². The van der Waals surface area contributed by atoms with Crippen molar-refractivity contribution in [3.8, 4) is 0 Å². The predicted molar refractivity (Wildman–Crippen MR) is 92.4 cm³/mol. The van der Waals surface area contributed by atoms with E-state index in [0.29, 0.717) is 24.5 Å². The quantitative estimate of drug-likeness (QED) is 0.749. The van der Waals surface area contributed by atoms with Crippen molar-refractivity contribution in [2.75, 3.05) is 11.9 Å². The van der Waals surface area contributed by atoms with Crippen molar-refractivity contribution in [2.45, 2.75) is 37.1 Å². The first-order valence-corrected chi connectivity index (χ1v) is 8.43. The van der Waals surface area contributed by atoms with Gasteiger partial charge in [-0.05, 0) is 38.5 Å². The summed E-state index contributed by atoms with van der Waals surface area (Å²) in [7, 11) is -3.70. The maximum absolute atomic E-state index is 12.3. The molecule has 2 rings (SSSR count). The Balaban J connectivity index is 0.00000264. The van der Waals surface area contributed by atoms with Crippen LogP contribution >= 0.6 is 12.4 Å². The van der Waals surface area contributed by atoms with E-state index in [1.54, 1.807) is 26.0 Å². The molecule has 4 N–H and O–H groups in total. The SMILES string of the molecule is CC(C)(N)C(=O)Nc1cccc(S(=O)(=O)NC2=NCCC2)c1.Cl. The van der Waals surface area contributed by atoms with Crippen LogP contribution in [0, 0.1) is 0 Å². The summed E-state index contributed by atoms with van der Waals surface area (Å²) >= 11 is 0. The molecule has 0 atom stereocenters. The zero-order valence-corrected chi connectivity index (χ0v) is 14.6. The summed E-state index contributed by atoms with van der Waals surface area (Å²) in [5, 5.41) is 2.60. The number of rotatable bonds is 4. The smallest absolute Gasteiger partial charge is 0.262 e. The van der Waals surface area contributed by atoms with Crippen molar-refractivity contribution in [3.05, 3.63) is 24.3 Å². The van der Waals surface area contributed by atoms with Crippen molar-refractivity contribution >= 4 is 39.9 Å². The van der Waals surface area contributed by atoms with E-state index in [4.69, 9.17) is 5.73 Å². The van der Waals surface area contributed by atoms with Crippen molar-refractivity contribution in [1.82, 2.24) is 4.72 Å². The molecule has 0 saturated carbocycles. The van der Waals surface area contributed by atoms with Crippen molar-refractivity contribution in [3.63, 3.8) is 0 Å². The van der Waals surface area contributed by atoms with Crippen LogP contribution in [0.25, 0.3) is 0 Å². The number of halogens is 1. The summed E-state index contributed by atoms with van der Waals surface area (Å²) < 4.78 is 27.1. The molecule has 0 unspecified atom stereocenters. The highest BCUT2D eigenvalue weighted by molar-refractivity contribution is 7.90. The number of nitrogens with two attached hydrogens (primary N) is 1. The number of nitrogens with one attached hydrogen (secondary N) is 2. The Morgan fingerprint density at radius 1 is 1.35 bits per heavy atom. The van der Waals surface area contributed by atoms with Gasteiger partial charge in [-0.15, -0.1) is 12.4 Å². The molecule has 0 fully saturated rings. The van der Waals surface area contributed by atoms with E-state index >= 15 is 0 Å². The van der Waals surface area contributed by atoms with Gasteiger partial charge in [-0.3, -0.25) is 14.5 Å². The van der Waals surface area contributed by atoms with Crippen LogP contribution in [0.5, 0.6) is 0 Å². The molecule has 0 bridgehead atoms. The molecule has 0 saturated heterocycles. The molecule has 1 aliphatic rings. The molecule has 1 amide bonds. The third kappa shape index (κ3) is 5.19. The third-order valence-corrected chi connectivity index (χ3v) is 4.49. The number of carbonyl (C=O) groups is 1. The number of hydrogen-bond acceptors (Lipinski definition) is 5. The fourth-order valence-electron chi connectivity index (χ4n) is 1.87. The minimum absolute atomic E-state index is 0. The number of amidine groups is 1. The maximum atomic E-state index is 12.3. The van der Waals surface area contributed by atoms with Crippen LogP contribution in [0.4, 0.5) is 5.69 Å². The van der Waals surface area contributed by atoms with Crippen LogP contribution in [0.2, 0.25) is 0 Å². The second-order valence-corrected chi connectivity index (χ2v) is 7.42. The molecule has 1 aromatic rings. The zero-order valence-electron chi connectivity index (χ0n) is 13.0. The van der Waals surface area contributed by atoms with E-state index in [9.17, 15) is 13.2 Å². The minimum atomic E-state index is -3.70. The molecule has 0 radical (unpaired) electrons. The Morgan fingerprint density at radius 2 is 2.04 bits per heavy atom. The number of anilines is 1. The molecular weight excluding hydrogens is 340 g/mol. The number of sulfonamides is 1. The van der Waals surface area contributed by atoms with E-state index in [0.717, 1.165) is 6.42 Å². The normalized spacial score (nSPS) is 14.7. The first-order chi connectivity index (χ1) is 10.2. The van der Waals surface area contributed by atoms with Crippen LogP contribution in [-0.4, -0.2) is 32.2 Å². The van der Waals surface area contributed by atoms with E-state index in [1.165, 1.54) is 12.1 Å². The van der Waals surface area contributed by atoms with Gasteiger partial charge in [0.15, 0.2) is 0 Å². The molecule has 0 spiro atoms. The Hall–Kier alpha value is -1.64. The average molecular weight is 361 g/mol. The first kappa shape index (κ1) is 19.4. The largest absolute Gasteiger partial charge is 0.324 e. The molecule has 23 heavy (non-hydrogen) atoms. The Morgan fingerprint density at radius 3 is 2.61 bits per heavy atom. The second kappa shape index (κ2) is 7.29. The lowest BCUT2D eigenvalue weighted by Gasteiger charge is -2.18. The summed E-state index contributed by atoms with van der Waals surface area (Å²) in [6.07, 6.45) is 1.47. The summed E-state index contributed by atoms with van der Waals surface area (Å²) in [6, 6.07) is 6.02. The van der Waals surface area contributed by atoms with Crippen molar-refractivity contribution < 1.29 is 13.2 Å². The number of nitrogens with zero attached hydrogens (tertiary/aromatic N) is 1. The molecule has 0 aliphatic carbocycles. The van der Waals surface area contributed by atoms with Gasteiger partial charge < -0.3 is 11.1 Å². The number of benzene rings is 1. The van der Waals surface area contributed by atoms with E-state index in [-0.39, 0.29) is 17.3 Å². The minimum Gasteiger partial charge on any atom is -0.324 e.